The largest absolute Gasteiger partial charge is 0.463 e. The molecule has 0 aromatic rings. The van der Waals surface area contributed by atoms with Crippen LogP contribution < -0.4 is 0 Å². The second-order valence-electron chi connectivity index (χ2n) is 5.89. The third kappa shape index (κ3) is 5.96. The van der Waals surface area contributed by atoms with Crippen LogP contribution in [0.15, 0.2) is 12.7 Å². The number of hydrogen-bond donors (Lipinski definition) is 0. The topological polar surface area (TPSA) is 88.1 Å². The standard InChI is InChI=1S/C17H26O7/c1-6-7-8-14-17(23-13(5)20)16(22-12(4)19)10(2)15(24-14)9-21-11(3)18/h6,10,14-17H,1,7-9H2,2-5H3/t10-,14+,15-,16+,17+/m1/s1. The Kier molecular flexibility index (Phi) is 7.91. The van der Waals surface area contributed by atoms with Crippen LogP contribution in [0.25, 0.3) is 0 Å². The lowest BCUT2D eigenvalue weighted by atomic mass is 9.86. The van der Waals surface area contributed by atoms with Gasteiger partial charge in [0.1, 0.15) is 12.7 Å². The van der Waals surface area contributed by atoms with Crippen molar-refractivity contribution in [3.8, 4) is 0 Å². The Morgan fingerprint density at radius 1 is 1.00 bits per heavy atom. The minimum atomic E-state index is -0.713. The van der Waals surface area contributed by atoms with E-state index in [0.29, 0.717) is 12.8 Å². The van der Waals surface area contributed by atoms with E-state index in [0.717, 1.165) is 0 Å². The highest BCUT2D eigenvalue weighted by molar-refractivity contribution is 5.67. The molecule has 1 saturated heterocycles. The molecule has 1 heterocycles. The lowest BCUT2D eigenvalue weighted by Crippen LogP contribution is -2.57. The van der Waals surface area contributed by atoms with Gasteiger partial charge in [-0.1, -0.05) is 13.0 Å². The highest BCUT2D eigenvalue weighted by Crippen LogP contribution is 2.32. The zero-order valence-electron chi connectivity index (χ0n) is 14.7. The van der Waals surface area contributed by atoms with Crippen LogP contribution in [-0.2, 0) is 33.3 Å². The first-order valence-electron chi connectivity index (χ1n) is 8.00. The summed E-state index contributed by atoms with van der Waals surface area (Å²) in [6, 6.07) is 0. The fourth-order valence-corrected chi connectivity index (χ4v) is 2.75. The number of hydrogen-bond acceptors (Lipinski definition) is 7. The molecule has 0 aromatic carbocycles. The van der Waals surface area contributed by atoms with Gasteiger partial charge in [0, 0.05) is 26.7 Å². The van der Waals surface area contributed by atoms with Crippen molar-refractivity contribution in [1.29, 1.82) is 0 Å². The summed E-state index contributed by atoms with van der Waals surface area (Å²) >= 11 is 0. The molecule has 0 unspecified atom stereocenters. The Morgan fingerprint density at radius 3 is 2.08 bits per heavy atom. The molecule has 0 saturated carbocycles. The molecule has 0 amide bonds. The number of esters is 3. The minimum Gasteiger partial charge on any atom is -0.463 e. The van der Waals surface area contributed by atoms with E-state index in [1.54, 1.807) is 6.08 Å². The van der Waals surface area contributed by atoms with Gasteiger partial charge in [-0.3, -0.25) is 14.4 Å². The van der Waals surface area contributed by atoms with Gasteiger partial charge in [-0.2, -0.15) is 0 Å². The van der Waals surface area contributed by atoms with Crippen LogP contribution in [0.2, 0.25) is 0 Å². The van der Waals surface area contributed by atoms with Gasteiger partial charge in [0.2, 0.25) is 0 Å². The molecule has 136 valence electrons. The van der Waals surface area contributed by atoms with Crippen LogP contribution in [0, 0.1) is 5.92 Å². The molecule has 1 fully saturated rings. The summed E-state index contributed by atoms with van der Waals surface area (Å²) < 4.78 is 21.8. The number of allylic oxidation sites excluding steroid dienone is 1. The number of carbonyl (C=O) groups is 3. The average molecular weight is 342 g/mol. The second kappa shape index (κ2) is 9.42. The summed E-state index contributed by atoms with van der Waals surface area (Å²) in [4.78, 5) is 34.0. The van der Waals surface area contributed by atoms with Crippen molar-refractivity contribution in [2.24, 2.45) is 5.92 Å². The van der Waals surface area contributed by atoms with Crippen LogP contribution in [0.4, 0.5) is 0 Å². The van der Waals surface area contributed by atoms with Crippen molar-refractivity contribution in [3.63, 3.8) is 0 Å². The third-order valence-corrected chi connectivity index (χ3v) is 3.85. The number of rotatable bonds is 7. The summed E-state index contributed by atoms with van der Waals surface area (Å²) in [7, 11) is 0. The van der Waals surface area contributed by atoms with Crippen molar-refractivity contribution in [3.05, 3.63) is 12.7 Å². The molecule has 7 nitrogen and oxygen atoms in total. The summed E-state index contributed by atoms with van der Waals surface area (Å²) in [6.45, 7) is 9.44. The van der Waals surface area contributed by atoms with Crippen LogP contribution in [0.5, 0.6) is 0 Å². The molecule has 0 radical (unpaired) electrons. The Bertz CT molecular complexity index is 474. The van der Waals surface area contributed by atoms with Gasteiger partial charge in [0.15, 0.2) is 6.10 Å². The highest BCUT2D eigenvalue weighted by Gasteiger charge is 2.47. The van der Waals surface area contributed by atoms with E-state index < -0.39 is 42.3 Å². The first-order chi connectivity index (χ1) is 11.3. The van der Waals surface area contributed by atoms with Crippen LogP contribution in [-0.4, -0.2) is 48.9 Å². The molecule has 1 aliphatic heterocycles. The van der Waals surface area contributed by atoms with Gasteiger partial charge in [-0.15, -0.1) is 6.58 Å². The van der Waals surface area contributed by atoms with Crippen LogP contribution >= 0.6 is 0 Å². The molecule has 0 N–H and O–H groups in total. The monoisotopic (exact) mass is 342 g/mol. The fourth-order valence-electron chi connectivity index (χ4n) is 2.75. The molecule has 1 aliphatic rings. The summed E-state index contributed by atoms with van der Waals surface area (Å²) in [5.74, 6) is -1.67. The maximum atomic E-state index is 11.5. The third-order valence-electron chi connectivity index (χ3n) is 3.85. The Morgan fingerprint density at radius 2 is 1.58 bits per heavy atom. The Balaban J connectivity index is 3.02. The summed E-state index contributed by atoms with van der Waals surface area (Å²) in [5.41, 5.74) is 0. The molecule has 1 rings (SSSR count). The van der Waals surface area contributed by atoms with E-state index in [1.165, 1.54) is 20.8 Å². The second-order valence-corrected chi connectivity index (χ2v) is 5.89. The van der Waals surface area contributed by atoms with E-state index >= 15 is 0 Å². The SMILES string of the molecule is C=CCC[C@@H]1O[C@H](COC(C)=O)[C@@H](C)[C@H](OC(C)=O)[C@H]1OC(C)=O. The van der Waals surface area contributed by atoms with Gasteiger partial charge < -0.3 is 18.9 Å². The van der Waals surface area contributed by atoms with Gasteiger partial charge in [0.05, 0.1) is 12.2 Å². The molecule has 5 atom stereocenters. The predicted molar refractivity (Wildman–Crippen MR) is 85.0 cm³/mol. The van der Waals surface area contributed by atoms with Gasteiger partial charge in [-0.25, -0.2) is 0 Å². The molecule has 24 heavy (non-hydrogen) atoms. The smallest absolute Gasteiger partial charge is 0.303 e. The summed E-state index contributed by atoms with van der Waals surface area (Å²) in [6.07, 6.45) is 0.596. The van der Waals surface area contributed by atoms with Crippen molar-refractivity contribution in [1.82, 2.24) is 0 Å². The average Bonchev–Trinajstić information content (AvgIpc) is 2.48. The van der Waals surface area contributed by atoms with Crippen molar-refractivity contribution in [2.75, 3.05) is 6.61 Å². The predicted octanol–water partition coefficient (Wildman–Crippen LogP) is 1.78. The molecular weight excluding hydrogens is 316 g/mol. The molecular formula is C17H26O7. The van der Waals surface area contributed by atoms with E-state index in [2.05, 4.69) is 6.58 Å². The van der Waals surface area contributed by atoms with Crippen LogP contribution in [0.3, 0.4) is 0 Å². The van der Waals surface area contributed by atoms with Gasteiger partial charge in [-0.05, 0) is 12.8 Å². The number of ether oxygens (including phenoxy) is 4. The van der Waals surface area contributed by atoms with Crippen molar-refractivity contribution < 1.29 is 33.3 Å². The molecule has 0 spiro atoms. The van der Waals surface area contributed by atoms with E-state index in [9.17, 15) is 14.4 Å². The zero-order chi connectivity index (χ0) is 18.3. The lowest BCUT2D eigenvalue weighted by molar-refractivity contribution is -0.230. The Labute approximate surface area is 142 Å². The molecule has 0 aliphatic carbocycles. The Hall–Kier alpha value is -1.89. The fraction of sp³-hybridized carbons (Fsp3) is 0.706. The lowest BCUT2D eigenvalue weighted by Gasteiger charge is -2.44. The first kappa shape index (κ1) is 20.2. The van der Waals surface area contributed by atoms with Crippen molar-refractivity contribution in [2.45, 2.75) is 65.0 Å². The van der Waals surface area contributed by atoms with E-state index in [1.807, 2.05) is 6.92 Å². The zero-order valence-corrected chi connectivity index (χ0v) is 14.7. The van der Waals surface area contributed by atoms with Crippen molar-refractivity contribution >= 4 is 17.9 Å². The number of carbonyl (C=O) groups excluding carboxylic acids is 3. The quantitative estimate of drug-likeness (QED) is 0.396. The van der Waals surface area contributed by atoms with Crippen LogP contribution in [0.1, 0.15) is 40.5 Å². The highest BCUT2D eigenvalue weighted by atomic mass is 16.6. The first-order valence-corrected chi connectivity index (χ1v) is 8.00. The maximum absolute atomic E-state index is 11.5. The van der Waals surface area contributed by atoms with Gasteiger partial charge >= 0.3 is 17.9 Å². The maximum Gasteiger partial charge on any atom is 0.303 e. The normalized spacial score (nSPS) is 29.4. The molecule has 7 heteroatoms. The minimum absolute atomic E-state index is 0.0473. The summed E-state index contributed by atoms with van der Waals surface area (Å²) in [5, 5.41) is 0. The molecule has 0 bridgehead atoms. The van der Waals surface area contributed by atoms with Gasteiger partial charge in [0.25, 0.3) is 0 Å². The van der Waals surface area contributed by atoms with E-state index in [4.69, 9.17) is 18.9 Å². The van der Waals surface area contributed by atoms with E-state index in [-0.39, 0.29) is 12.5 Å². The molecule has 0 aromatic heterocycles.